The summed E-state index contributed by atoms with van der Waals surface area (Å²) in [6, 6.07) is 9.46. The second kappa shape index (κ2) is 6.45. The fourth-order valence-corrected chi connectivity index (χ4v) is 4.72. The average molecular weight is 397 g/mol. The van der Waals surface area contributed by atoms with E-state index in [1.165, 1.54) is 0 Å². The van der Waals surface area contributed by atoms with Gasteiger partial charge in [-0.3, -0.25) is 0 Å². The van der Waals surface area contributed by atoms with Crippen LogP contribution in [0.25, 0.3) is 0 Å². The molecule has 122 valence electrons. The Morgan fingerprint density at radius 2 is 2.09 bits per heavy atom. The number of nitrogens with zero attached hydrogens (tertiary/aromatic N) is 3. The maximum atomic E-state index is 11.6. The molecule has 23 heavy (non-hydrogen) atoms. The first-order valence-corrected chi connectivity index (χ1v) is 9.84. The third-order valence-corrected chi connectivity index (χ3v) is 6.32. The van der Waals surface area contributed by atoms with Crippen LogP contribution in [0.2, 0.25) is 0 Å². The molecule has 1 fully saturated rings. The molecule has 2 heterocycles. The lowest BCUT2D eigenvalue weighted by molar-refractivity contribution is 0.600. The van der Waals surface area contributed by atoms with Crippen LogP contribution in [0, 0.1) is 0 Å². The highest BCUT2D eigenvalue weighted by Crippen LogP contribution is 2.25. The van der Waals surface area contributed by atoms with E-state index in [0.29, 0.717) is 18.2 Å². The van der Waals surface area contributed by atoms with Crippen LogP contribution in [-0.2, 0) is 9.84 Å². The molecular weight excluding hydrogens is 380 g/mol. The van der Waals surface area contributed by atoms with E-state index >= 15 is 0 Å². The van der Waals surface area contributed by atoms with Crippen LogP contribution in [0.1, 0.15) is 6.42 Å². The number of hydrogen-bond acceptors (Lipinski definition) is 6. The highest BCUT2D eigenvalue weighted by molar-refractivity contribution is 9.10. The van der Waals surface area contributed by atoms with Crippen molar-refractivity contribution in [2.24, 2.45) is 0 Å². The Hall–Kier alpha value is -1.67. The summed E-state index contributed by atoms with van der Waals surface area (Å²) < 4.78 is 24.2. The molecule has 1 atom stereocenters. The second-order valence-electron chi connectivity index (χ2n) is 5.51. The van der Waals surface area contributed by atoms with Crippen molar-refractivity contribution in [3.63, 3.8) is 0 Å². The standard InChI is InChI=1S/C15H17BrN4O2S/c1-20(11-7-9-23(21,22)10-11)14-6-8-17-15(19-14)18-13-5-3-2-4-12(13)16/h2-6,8,11H,7,9-10H2,1H3,(H,17,18,19). The SMILES string of the molecule is CN(c1ccnc(Nc2ccccc2Br)n1)C1CCS(=O)(=O)C1. The molecular formula is C15H17BrN4O2S. The zero-order chi connectivity index (χ0) is 16.4. The lowest BCUT2D eigenvalue weighted by Crippen LogP contribution is -2.33. The topological polar surface area (TPSA) is 75.2 Å². The van der Waals surface area contributed by atoms with Crippen molar-refractivity contribution < 1.29 is 8.42 Å². The van der Waals surface area contributed by atoms with Crippen LogP contribution >= 0.6 is 15.9 Å². The summed E-state index contributed by atoms with van der Waals surface area (Å²) in [4.78, 5) is 10.6. The molecule has 0 saturated carbocycles. The van der Waals surface area contributed by atoms with Crippen molar-refractivity contribution in [3.05, 3.63) is 41.0 Å². The molecule has 1 saturated heterocycles. The van der Waals surface area contributed by atoms with Gasteiger partial charge in [0.1, 0.15) is 5.82 Å². The quantitative estimate of drug-likeness (QED) is 0.855. The number of halogens is 1. The molecule has 0 spiro atoms. The maximum absolute atomic E-state index is 11.6. The van der Waals surface area contributed by atoms with Gasteiger partial charge in [-0.1, -0.05) is 12.1 Å². The van der Waals surface area contributed by atoms with Gasteiger partial charge >= 0.3 is 0 Å². The van der Waals surface area contributed by atoms with Crippen LogP contribution in [0.15, 0.2) is 41.0 Å². The van der Waals surface area contributed by atoms with Crippen LogP contribution in [0.4, 0.5) is 17.5 Å². The van der Waals surface area contributed by atoms with Crippen LogP contribution in [-0.4, -0.2) is 43.0 Å². The van der Waals surface area contributed by atoms with Gasteiger partial charge in [0.15, 0.2) is 9.84 Å². The Balaban J connectivity index is 1.79. The van der Waals surface area contributed by atoms with Gasteiger partial charge in [-0.2, -0.15) is 4.98 Å². The molecule has 1 aliphatic heterocycles. The fourth-order valence-electron chi connectivity index (χ4n) is 2.56. The molecule has 6 nitrogen and oxygen atoms in total. The molecule has 0 radical (unpaired) electrons. The molecule has 3 rings (SSSR count). The van der Waals surface area contributed by atoms with Crippen LogP contribution < -0.4 is 10.2 Å². The van der Waals surface area contributed by atoms with Crippen molar-refractivity contribution in [3.8, 4) is 0 Å². The largest absolute Gasteiger partial charge is 0.355 e. The van der Waals surface area contributed by atoms with Gasteiger partial charge in [0.25, 0.3) is 0 Å². The zero-order valence-corrected chi connectivity index (χ0v) is 15.0. The summed E-state index contributed by atoms with van der Waals surface area (Å²) in [5.74, 6) is 1.61. The van der Waals surface area contributed by atoms with Crippen molar-refractivity contribution in [2.75, 3.05) is 28.8 Å². The van der Waals surface area contributed by atoms with Gasteiger partial charge in [-0.15, -0.1) is 0 Å². The van der Waals surface area contributed by atoms with E-state index in [0.717, 1.165) is 10.2 Å². The molecule has 1 aliphatic rings. The number of aromatic nitrogens is 2. The molecule has 1 aromatic carbocycles. The first kappa shape index (κ1) is 16.2. The summed E-state index contributed by atoms with van der Waals surface area (Å²) in [5, 5.41) is 3.16. The highest BCUT2D eigenvalue weighted by Gasteiger charge is 2.31. The Bertz CT molecular complexity index is 813. The van der Waals surface area contributed by atoms with Crippen molar-refractivity contribution in [1.29, 1.82) is 0 Å². The average Bonchev–Trinajstić information content (AvgIpc) is 2.89. The van der Waals surface area contributed by atoms with E-state index in [1.54, 1.807) is 12.3 Å². The van der Waals surface area contributed by atoms with Gasteiger partial charge in [-0.25, -0.2) is 13.4 Å². The molecule has 2 aromatic rings. The van der Waals surface area contributed by atoms with Gasteiger partial charge in [0.05, 0.1) is 17.2 Å². The molecule has 0 bridgehead atoms. The first-order valence-electron chi connectivity index (χ1n) is 7.22. The number of rotatable bonds is 4. The van der Waals surface area contributed by atoms with Gasteiger partial charge in [0, 0.05) is 23.8 Å². The minimum atomic E-state index is -2.92. The molecule has 1 aromatic heterocycles. The molecule has 1 unspecified atom stereocenters. The van der Waals surface area contributed by atoms with E-state index < -0.39 is 9.84 Å². The van der Waals surface area contributed by atoms with Gasteiger partial charge in [-0.05, 0) is 40.5 Å². The normalized spacial score (nSPS) is 19.5. The number of hydrogen-bond donors (Lipinski definition) is 1. The summed E-state index contributed by atoms with van der Waals surface area (Å²) in [6.45, 7) is 0. The number of nitrogens with one attached hydrogen (secondary N) is 1. The Kier molecular flexibility index (Phi) is 4.54. The maximum Gasteiger partial charge on any atom is 0.229 e. The van der Waals surface area contributed by atoms with Crippen LogP contribution in [0.3, 0.4) is 0 Å². The lowest BCUT2D eigenvalue weighted by atomic mass is 10.2. The number of sulfone groups is 1. The fraction of sp³-hybridized carbons (Fsp3) is 0.333. The van der Waals surface area contributed by atoms with E-state index in [4.69, 9.17) is 0 Å². The zero-order valence-electron chi connectivity index (χ0n) is 12.6. The molecule has 8 heteroatoms. The smallest absolute Gasteiger partial charge is 0.229 e. The monoisotopic (exact) mass is 396 g/mol. The Morgan fingerprint density at radius 3 is 2.78 bits per heavy atom. The minimum absolute atomic E-state index is 0.0359. The third-order valence-electron chi connectivity index (χ3n) is 3.88. The Labute approximate surface area is 144 Å². The summed E-state index contributed by atoms with van der Waals surface area (Å²) in [6.07, 6.45) is 2.30. The van der Waals surface area contributed by atoms with E-state index in [1.807, 2.05) is 36.2 Å². The van der Waals surface area contributed by atoms with Crippen LogP contribution in [0.5, 0.6) is 0 Å². The van der Waals surface area contributed by atoms with Crippen molar-refractivity contribution >= 4 is 43.2 Å². The molecule has 1 N–H and O–H groups in total. The first-order chi connectivity index (χ1) is 10.9. The van der Waals surface area contributed by atoms with Gasteiger partial charge in [0.2, 0.25) is 5.95 Å². The van der Waals surface area contributed by atoms with Crippen molar-refractivity contribution in [1.82, 2.24) is 9.97 Å². The number of benzene rings is 1. The highest BCUT2D eigenvalue weighted by atomic mass is 79.9. The van der Waals surface area contributed by atoms with E-state index in [2.05, 4.69) is 31.2 Å². The predicted molar refractivity (Wildman–Crippen MR) is 94.9 cm³/mol. The number of anilines is 3. The summed E-state index contributed by atoms with van der Waals surface area (Å²) >= 11 is 3.47. The third kappa shape index (κ3) is 3.81. The molecule has 0 aliphatic carbocycles. The van der Waals surface area contributed by atoms with E-state index in [-0.39, 0.29) is 17.5 Å². The van der Waals surface area contributed by atoms with Gasteiger partial charge < -0.3 is 10.2 Å². The van der Waals surface area contributed by atoms with E-state index in [9.17, 15) is 8.42 Å². The second-order valence-corrected chi connectivity index (χ2v) is 8.59. The number of para-hydroxylation sites is 1. The lowest BCUT2D eigenvalue weighted by Gasteiger charge is -2.24. The Morgan fingerprint density at radius 1 is 1.30 bits per heavy atom. The summed E-state index contributed by atoms with van der Waals surface area (Å²) in [7, 11) is -1.05. The van der Waals surface area contributed by atoms with Crippen molar-refractivity contribution in [2.45, 2.75) is 12.5 Å². The molecule has 0 amide bonds. The minimum Gasteiger partial charge on any atom is -0.355 e. The summed E-state index contributed by atoms with van der Waals surface area (Å²) in [5.41, 5.74) is 0.871. The predicted octanol–water partition coefficient (Wildman–Crippen LogP) is 2.61.